The van der Waals surface area contributed by atoms with Gasteiger partial charge in [0.25, 0.3) is 5.69 Å². The summed E-state index contributed by atoms with van der Waals surface area (Å²) < 4.78 is 26.7. The first-order valence-electron chi connectivity index (χ1n) is 8.21. The highest BCUT2D eigenvalue weighted by molar-refractivity contribution is 7.88. The van der Waals surface area contributed by atoms with Crippen molar-refractivity contribution >= 4 is 21.5 Å². The van der Waals surface area contributed by atoms with E-state index in [0.29, 0.717) is 43.1 Å². The molecule has 0 N–H and O–H groups in total. The van der Waals surface area contributed by atoms with Crippen molar-refractivity contribution in [2.75, 3.05) is 31.1 Å². The Kier molecular flexibility index (Phi) is 5.34. The van der Waals surface area contributed by atoms with Gasteiger partial charge in [0.1, 0.15) is 5.82 Å². The van der Waals surface area contributed by atoms with Crippen molar-refractivity contribution in [1.82, 2.24) is 9.29 Å². The number of nitrogens with zero attached hydrogens (tertiary/aromatic N) is 5. The van der Waals surface area contributed by atoms with Gasteiger partial charge in [-0.2, -0.15) is 9.57 Å². The van der Waals surface area contributed by atoms with Crippen LogP contribution in [0.3, 0.4) is 0 Å². The lowest BCUT2D eigenvalue weighted by molar-refractivity contribution is -0.384. The van der Waals surface area contributed by atoms with E-state index in [4.69, 9.17) is 5.26 Å². The van der Waals surface area contributed by atoms with E-state index in [-0.39, 0.29) is 11.4 Å². The number of hydrogen-bond acceptors (Lipinski definition) is 7. The van der Waals surface area contributed by atoms with Gasteiger partial charge in [0.05, 0.1) is 22.3 Å². The molecule has 0 saturated carbocycles. The minimum atomic E-state index is -3.52. The monoisotopic (exact) mass is 387 g/mol. The van der Waals surface area contributed by atoms with Gasteiger partial charge in [0, 0.05) is 44.5 Å². The molecule has 9 nitrogen and oxygen atoms in total. The first-order chi connectivity index (χ1) is 12.9. The van der Waals surface area contributed by atoms with Crippen molar-refractivity contribution < 1.29 is 13.3 Å². The molecule has 1 fully saturated rings. The molecule has 3 rings (SSSR count). The Morgan fingerprint density at radius 3 is 2.41 bits per heavy atom. The molecule has 1 aromatic carbocycles. The predicted molar refractivity (Wildman–Crippen MR) is 98.5 cm³/mol. The van der Waals surface area contributed by atoms with Gasteiger partial charge in [-0.15, -0.1) is 0 Å². The summed E-state index contributed by atoms with van der Waals surface area (Å²) in [6.07, 6.45) is 1.56. The highest BCUT2D eigenvalue weighted by atomic mass is 32.2. The van der Waals surface area contributed by atoms with Crippen LogP contribution in [-0.2, 0) is 15.8 Å². The van der Waals surface area contributed by atoms with Crippen molar-refractivity contribution in [3.05, 3.63) is 63.8 Å². The summed E-state index contributed by atoms with van der Waals surface area (Å²) >= 11 is 0. The molecule has 1 aliphatic heterocycles. The highest BCUT2D eigenvalue weighted by Gasteiger charge is 2.27. The normalized spacial score (nSPS) is 15.3. The SMILES string of the molecule is N#Cc1ccnc(N2CCN(S(=O)(=O)Cc3ccc([N+](=O)[O-])cc3)CC2)c1. The van der Waals surface area contributed by atoms with Crippen LogP contribution in [0.1, 0.15) is 11.1 Å². The topological polar surface area (TPSA) is 120 Å². The van der Waals surface area contributed by atoms with E-state index >= 15 is 0 Å². The fourth-order valence-electron chi connectivity index (χ4n) is 2.87. The van der Waals surface area contributed by atoms with E-state index < -0.39 is 14.9 Å². The van der Waals surface area contributed by atoms with Crippen LogP contribution in [0.25, 0.3) is 0 Å². The number of benzene rings is 1. The predicted octanol–water partition coefficient (Wildman–Crippen LogP) is 1.51. The summed E-state index contributed by atoms with van der Waals surface area (Å²) in [6, 6.07) is 10.9. The van der Waals surface area contributed by atoms with Crippen LogP contribution in [0.4, 0.5) is 11.5 Å². The molecular formula is C17H17N5O4S. The molecule has 1 saturated heterocycles. The molecule has 0 atom stereocenters. The second-order valence-electron chi connectivity index (χ2n) is 6.08. The van der Waals surface area contributed by atoms with Gasteiger partial charge in [-0.3, -0.25) is 10.1 Å². The van der Waals surface area contributed by atoms with Gasteiger partial charge in [0.2, 0.25) is 10.0 Å². The van der Waals surface area contributed by atoms with Gasteiger partial charge in [0.15, 0.2) is 0 Å². The molecule has 2 aromatic rings. The van der Waals surface area contributed by atoms with Gasteiger partial charge in [-0.1, -0.05) is 12.1 Å². The van der Waals surface area contributed by atoms with Crippen molar-refractivity contribution in [3.8, 4) is 6.07 Å². The number of nitro benzene ring substituents is 1. The lowest BCUT2D eigenvalue weighted by Gasteiger charge is -2.34. The lowest BCUT2D eigenvalue weighted by Crippen LogP contribution is -2.49. The number of rotatable bonds is 5. The van der Waals surface area contributed by atoms with Gasteiger partial charge in [-0.25, -0.2) is 13.4 Å². The van der Waals surface area contributed by atoms with E-state index in [0.717, 1.165) is 0 Å². The molecule has 140 valence electrons. The van der Waals surface area contributed by atoms with Crippen LogP contribution >= 0.6 is 0 Å². The van der Waals surface area contributed by atoms with Crippen LogP contribution in [0.5, 0.6) is 0 Å². The van der Waals surface area contributed by atoms with Crippen LogP contribution in [0.15, 0.2) is 42.6 Å². The fourth-order valence-corrected chi connectivity index (χ4v) is 4.39. The van der Waals surface area contributed by atoms with Crippen LogP contribution in [0, 0.1) is 21.4 Å². The summed E-state index contributed by atoms with van der Waals surface area (Å²) in [5.74, 6) is 0.453. The van der Waals surface area contributed by atoms with Crippen LogP contribution in [0.2, 0.25) is 0 Å². The van der Waals surface area contributed by atoms with Crippen molar-refractivity contribution in [3.63, 3.8) is 0 Å². The number of pyridine rings is 1. The minimum Gasteiger partial charge on any atom is -0.354 e. The molecule has 1 aliphatic rings. The van der Waals surface area contributed by atoms with E-state index in [2.05, 4.69) is 11.1 Å². The van der Waals surface area contributed by atoms with Crippen molar-refractivity contribution in [2.45, 2.75) is 5.75 Å². The smallest absolute Gasteiger partial charge is 0.269 e. The molecule has 1 aromatic heterocycles. The molecule has 0 aliphatic carbocycles. The number of sulfonamides is 1. The molecule has 10 heteroatoms. The number of non-ortho nitro benzene ring substituents is 1. The van der Waals surface area contributed by atoms with E-state index in [1.807, 2.05) is 4.90 Å². The summed E-state index contributed by atoms with van der Waals surface area (Å²) in [6.45, 7) is 1.57. The zero-order chi connectivity index (χ0) is 19.4. The summed E-state index contributed by atoms with van der Waals surface area (Å²) in [5, 5.41) is 19.7. The molecule has 0 amide bonds. The van der Waals surface area contributed by atoms with E-state index in [1.165, 1.54) is 28.6 Å². The third-order valence-electron chi connectivity index (χ3n) is 4.33. The largest absolute Gasteiger partial charge is 0.354 e. The average Bonchev–Trinajstić information content (AvgIpc) is 2.68. The molecule has 0 unspecified atom stereocenters. The van der Waals surface area contributed by atoms with Crippen LogP contribution in [-0.4, -0.2) is 48.8 Å². The van der Waals surface area contributed by atoms with Crippen molar-refractivity contribution in [2.24, 2.45) is 0 Å². The average molecular weight is 387 g/mol. The highest BCUT2D eigenvalue weighted by Crippen LogP contribution is 2.19. The second-order valence-corrected chi connectivity index (χ2v) is 8.05. The Labute approximate surface area is 156 Å². The maximum atomic E-state index is 12.6. The van der Waals surface area contributed by atoms with Gasteiger partial charge >= 0.3 is 0 Å². The Bertz CT molecular complexity index is 977. The number of nitro groups is 1. The maximum Gasteiger partial charge on any atom is 0.269 e. The van der Waals surface area contributed by atoms with Crippen molar-refractivity contribution in [1.29, 1.82) is 5.26 Å². The zero-order valence-electron chi connectivity index (χ0n) is 14.4. The standard InChI is InChI=1S/C17H17N5O4S/c18-12-15-5-6-19-17(11-15)20-7-9-21(10-8-20)27(25,26)13-14-1-3-16(4-2-14)22(23)24/h1-6,11H,7-10,13H2. The first kappa shape index (κ1) is 18.8. The lowest BCUT2D eigenvalue weighted by atomic mass is 10.2. The summed E-state index contributed by atoms with van der Waals surface area (Å²) in [4.78, 5) is 16.3. The molecule has 0 spiro atoms. The number of hydrogen-bond donors (Lipinski definition) is 0. The molecule has 2 heterocycles. The Morgan fingerprint density at radius 1 is 1.15 bits per heavy atom. The number of anilines is 1. The first-order valence-corrected chi connectivity index (χ1v) is 9.82. The quantitative estimate of drug-likeness (QED) is 0.563. The molecule has 27 heavy (non-hydrogen) atoms. The summed E-state index contributed by atoms with van der Waals surface area (Å²) in [7, 11) is -3.52. The number of nitriles is 1. The van der Waals surface area contributed by atoms with E-state index in [9.17, 15) is 18.5 Å². The molecule has 0 radical (unpaired) electrons. The maximum absolute atomic E-state index is 12.6. The zero-order valence-corrected chi connectivity index (χ0v) is 15.2. The third kappa shape index (κ3) is 4.39. The fraction of sp³-hybridized carbons (Fsp3) is 0.294. The van der Waals surface area contributed by atoms with Gasteiger partial charge in [-0.05, 0) is 17.7 Å². The molecule has 0 bridgehead atoms. The minimum absolute atomic E-state index is 0.0724. The molecular weight excluding hydrogens is 370 g/mol. The van der Waals surface area contributed by atoms with Gasteiger partial charge < -0.3 is 4.90 Å². The Balaban J connectivity index is 1.64. The number of piperazine rings is 1. The Hall–Kier alpha value is -3.03. The third-order valence-corrected chi connectivity index (χ3v) is 6.18. The Morgan fingerprint density at radius 2 is 1.81 bits per heavy atom. The van der Waals surface area contributed by atoms with Crippen LogP contribution < -0.4 is 4.90 Å². The second kappa shape index (κ2) is 7.69. The number of aromatic nitrogens is 1. The van der Waals surface area contributed by atoms with E-state index in [1.54, 1.807) is 18.3 Å². The summed E-state index contributed by atoms with van der Waals surface area (Å²) in [5.41, 5.74) is 0.941.